The van der Waals surface area contributed by atoms with Crippen LogP contribution in [0.15, 0.2) is 30.3 Å². The standard InChI is InChI=1S/C16H22N4O/c1-19-12-5-10(6-13(9-12)20-2)15-7-11(17)8-16(18)14(15)3-4-21/h5-9,19-21H,3-4,17-18H2,1-2H3. The Labute approximate surface area is 125 Å². The highest BCUT2D eigenvalue weighted by Crippen LogP contribution is 2.34. The fraction of sp³-hybridized carbons (Fsp3) is 0.250. The topological polar surface area (TPSA) is 96.3 Å². The summed E-state index contributed by atoms with van der Waals surface area (Å²) in [5.74, 6) is 0. The van der Waals surface area contributed by atoms with Crippen LogP contribution in [-0.4, -0.2) is 25.8 Å². The second-order valence-corrected chi connectivity index (χ2v) is 4.91. The van der Waals surface area contributed by atoms with Crippen molar-refractivity contribution in [2.24, 2.45) is 0 Å². The zero-order valence-electron chi connectivity index (χ0n) is 12.4. The molecule has 0 radical (unpaired) electrons. The van der Waals surface area contributed by atoms with E-state index in [1.54, 1.807) is 6.07 Å². The number of rotatable bonds is 5. The summed E-state index contributed by atoms with van der Waals surface area (Å²) in [4.78, 5) is 0. The Hall–Kier alpha value is -2.40. The molecule has 0 spiro atoms. The van der Waals surface area contributed by atoms with Gasteiger partial charge in [0.25, 0.3) is 0 Å². The fourth-order valence-corrected chi connectivity index (χ4v) is 2.44. The van der Waals surface area contributed by atoms with E-state index >= 15 is 0 Å². The largest absolute Gasteiger partial charge is 0.399 e. The van der Waals surface area contributed by atoms with E-state index < -0.39 is 0 Å². The molecule has 21 heavy (non-hydrogen) atoms. The Balaban J connectivity index is 2.64. The van der Waals surface area contributed by atoms with E-state index in [1.807, 2.05) is 38.4 Å². The molecule has 0 aliphatic carbocycles. The van der Waals surface area contributed by atoms with Crippen LogP contribution in [0, 0.1) is 0 Å². The third kappa shape index (κ3) is 3.20. The summed E-state index contributed by atoms with van der Waals surface area (Å²) in [7, 11) is 3.75. The summed E-state index contributed by atoms with van der Waals surface area (Å²) in [5.41, 5.74) is 18.1. The normalized spacial score (nSPS) is 10.4. The van der Waals surface area contributed by atoms with Gasteiger partial charge in [0.05, 0.1) is 0 Å². The Morgan fingerprint density at radius 3 is 2.10 bits per heavy atom. The summed E-state index contributed by atoms with van der Waals surface area (Å²) in [5, 5.41) is 15.6. The van der Waals surface area contributed by atoms with Gasteiger partial charge in [0.2, 0.25) is 0 Å². The molecule has 5 nitrogen and oxygen atoms in total. The molecule has 0 amide bonds. The number of nitrogen functional groups attached to an aromatic ring is 2. The fourth-order valence-electron chi connectivity index (χ4n) is 2.44. The van der Waals surface area contributed by atoms with Crippen molar-refractivity contribution in [2.45, 2.75) is 6.42 Å². The van der Waals surface area contributed by atoms with E-state index in [4.69, 9.17) is 11.5 Å². The van der Waals surface area contributed by atoms with Crippen LogP contribution in [0.1, 0.15) is 5.56 Å². The van der Waals surface area contributed by atoms with E-state index in [-0.39, 0.29) is 6.61 Å². The van der Waals surface area contributed by atoms with Crippen molar-refractivity contribution in [3.05, 3.63) is 35.9 Å². The smallest absolute Gasteiger partial charge is 0.0472 e. The molecule has 0 atom stereocenters. The SMILES string of the molecule is CNc1cc(NC)cc(-c2cc(N)cc(N)c2CCO)c1. The van der Waals surface area contributed by atoms with Crippen LogP contribution in [0.3, 0.4) is 0 Å². The molecule has 0 saturated carbocycles. The highest BCUT2D eigenvalue weighted by molar-refractivity contribution is 5.81. The van der Waals surface area contributed by atoms with Crippen molar-refractivity contribution >= 4 is 22.7 Å². The monoisotopic (exact) mass is 286 g/mol. The number of aliphatic hydroxyl groups is 1. The van der Waals surface area contributed by atoms with Gasteiger partial charge < -0.3 is 27.2 Å². The van der Waals surface area contributed by atoms with Gasteiger partial charge in [-0.1, -0.05) is 0 Å². The predicted molar refractivity (Wildman–Crippen MR) is 90.6 cm³/mol. The van der Waals surface area contributed by atoms with Gasteiger partial charge in [0.1, 0.15) is 0 Å². The van der Waals surface area contributed by atoms with Gasteiger partial charge in [0.15, 0.2) is 0 Å². The summed E-state index contributed by atoms with van der Waals surface area (Å²) in [6.07, 6.45) is 0.500. The van der Waals surface area contributed by atoms with E-state index in [9.17, 15) is 5.11 Å². The minimum absolute atomic E-state index is 0.0473. The molecule has 0 bridgehead atoms. The Morgan fingerprint density at radius 1 is 0.952 bits per heavy atom. The van der Waals surface area contributed by atoms with Crippen LogP contribution < -0.4 is 22.1 Å². The lowest BCUT2D eigenvalue weighted by Gasteiger charge is -2.15. The van der Waals surface area contributed by atoms with Gasteiger partial charge >= 0.3 is 0 Å². The third-order valence-corrected chi connectivity index (χ3v) is 3.49. The van der Waals surface area contributed by atoms with E-state index in [0.29, 0.717) is 17.8 Å². The molecule has 0 unspecified atom stereocenters. The van der Waals surface area contributed by atoms with Gasteiger partial charge in [-0.3, -0.25) is 0 Å². The molecule has 5 heteroatoms. The molecule has 2 rings (SSSR count). The van der Waals surface area contributed by atoms with Crippen molar-refractivity contribution in [3.8, 4) is 11.1 Å². The highest BCUT2D eigenvalue weighted by atomic mass is 16.2. The number of hydrogen-bond donors (Lipinski definition) is 5. The quantitative estimate of drug-likeness (QED) is 0.543. The minimum Gasteiger partial charge on any atom is -0.399 e. The highest BCUT2D eigenvalue weighted by Gasteiger charge is 2.11. The lowest BCUT2D eigenvalue weighted by Crippen LogP contribution is -2.03. The van der Waals surface area contributed by atoms with E-state index in [0.717, 1.165) is 28.1 Å². The second-order valence-electron chi connectivity index (χ2n) is 4.91. The molecular weight excluding hydrogens is 264 g/mol. The number of benzene rings is 2. The van der Waals surface area contributed by atoms with E-state index in [2.05, 4.69) is 10.6 Å². The van der Waals surface area contributed by atoms with Crippen LogP contribution in [-0.2, 0) is 6.42 Å². The first-order chi connectivity index (χ1) is 10.1. The Morgan fingerprint density at radius 2 is 1.57 bits per heavy atom. The Bertz CT molecular complexity index is 618. The molecule has 0 saturated heterocycles. The molecule has 112 valence electrons. The molecule has 0 aliphatic rings. The maximum absolute atomic E-state index is 9.27. The van der Waals surface area contributed by atoms with Crippen LogP contribution in [0.5, 0.6) is 0 Å². The zero-order valence-corrected chi connectivity index (χ0v) is 12.4. The van der Waals surface area contributed by atoms with Gasteiger partial charge in [-0.15, -0.1) is 0 Å². The number of nitrogens with two attached hydrogens (primary N) is 2. The molecule has 0 aliphatic heterocycles. The first-order valence-electron chi connectivity index (χ1n) is 6.88. The first kappa shape index (κ1) is 15.0. The predicted octanol–water partition coefficient (Wildman–Crippen LogP) is 2.14. The lowest BCUT2D eigenvalue weighted by atomic mass is 9.94. The first-order valence-corrected chi connectivity index (χ1v) is 6.88. The minimum atomic E-state index is 0.0473. The van der Waals surface area contributed by atoms with Crippen LogP contribution in [0.25, 0.3) is 11.1 Å². The second kappa shape index (κ2) is 6.37. The third-order valence-electron chi connectivity index (χ3n) is 3.49. The summed E-state index contributed by atoms with van der Waals surface area (Å²) in [6, 6.07) is 9.72. The van der Waals surface area contributed by atoms with Gasteiger partial charge in [-0.05, 0) is 53.4 Å². The summed E-state index contributed by atoms with van der Waals surface area (Å²) < 4.78 is 0. The molecule has 0 fully saturated rings. The van der Waals surface area contributed by atoms with Crippen molar-refractivity contribution in [1.82, 2.24) is 0 Å². The lowest BCUT2D eigenvalue weighted by molar-refractivity contribution is 0.300. The molecule has 7 N–H and O–H groups in total. The number of hydrogen-bond acceptors (Lipinski definition) is 5. The van der Waals surface area contributed by atoms with Crippen molar-refractivity contribution in [3.63, 3.8) is 0 Å². The van der Waals surface area contributed by atoms with Gasteiger partial charge in [-0.25, -0.2) is 0 Å². The van der Waals surface area contributed by atoms with Crippen molar-refractivity contribution in [2.75, 3.05) is 42.8 Å². The Kier molecular flexibility index (Phi) is 4.55. The molecule has 2 aromatic rings. The van der Waals surface area contributed by atoms with Crippen molar-refractivity contribution in [1.29, 1.82) is 0 Å². The number of aliphatic hydroxyl groups excluding tert-OH is 1. The molecule has 2 aromatic carbocycles. The van der Waals surface area contributed by atoms with Gasteiger partial charge in [0, 0.05) is 43.5 Å². The molecular formula is C16H22N4O. The maximum Gasteiger partial charge on any atom is 0.0472 e. The average molecular weight is 286 g/mol. The summed E-state index contributed by atoms with van der Waals surface area (Å²) >= 11 is 0. The van der Waals surface area contributed by atoms with Crippen molar-refractivity contribution < 1.29 is 5.11 Å². The van der Waals surface area contributed by atoms with E-state index in [1.165, 1.54) is 0 Å². The van der Waals surface area contributed by atoms with Crippen LogP contribution >= 0.6 is 0 Å². The van der Waals surface area contributed by atoms with Crippen LogP contribution in [0.4, 0.5) is 22.7 Å². The zero-order chi connectivity index (χ0) is 15.4. The van der Waals surface area contributed by atoms with Crippen LogP contribution in [0.2, 0.25) is 0 Å². The molecule has 0 heterocycles. The maximum atomic E-state index is 9.27. The number of nitrogens with one attached hydrogen (secondary N) is 2. The average Bonchev–Trinajstić information content (AvgIpc) is 2.49. The number of anilines is 4. The summed E-state index contributed by atoms with van der Waals surface area (Å²) in [6.45, 7) is 0.0473. The van der Waals surface area contributed by atoms with Gasteiger partial charge in [-0.2, -0.15) is 0 Å². The molecule has 0 aromatic heterocycles.